The van der Waals surface area contributed by atoms with Crippen LogP contribution in [0.15, 0.2) is 41.2 Å². The zero-order valence-corrected chi connectivity index (χ0v) is 16.6. The van der Waals surface area contributed by atoms with E-state index >= 15 is 0 Å². The van der Waals surface area contributed by atoms with Crippen molar-refractivity contribution in [2.75, 3.05) is 32.8 Å². The van der Waals surface area contributed by atoms with Gasteiger partial charge in [0.15, 0.2) is 0 Å². The average Bonchev–Trinajstić information content (AvgIpc) is 2.71. The fraction of sp³-hybridized carbons (Fsp3) is 0.476. The van der Waals surface area contributed by atoms with Gasteiger partial charge in [0.05, 0.1) is 6.61 Å². The number of hydrogen-bond donors (Lipinski definition) is 0. The third-order valence-corrected chi connectivity index (χ3v) is 4.82. The molecule has 1 aliphatic heterocycles. The molecule has 28 heavy (non-hydrogen) atoms. The predicted molar refractivity (Wildman–Crippen MR) is 108 cm³/mol. The molecule has 1 aliphatic rings. The van der Waals surface area contributed by atoms with Gasteiger partial charge >= 0.3 is 0 Å². The standard InChI is InChI=1S/C21H28N4O3/c1-3-11-25-20(26)10-9-19(22-25)21(27)24-14-12-23(13-15-24)16-17-5-7-18(8-6-17)28-4-2/h5-10H,3-4,11-16H2,1-2H3. The van der Waals surface area contributed by atoms with Gasteiger partial charge < -0.3 is 9.64 Å². The molecule has 0 atom stereocenters. The Morgan fingerprint density at radius 1 is 1.04 bits per heavy atom. The van der Waals surface area contributed by atoms with Crippen LogP contribution in [-0.2, 0) is 13.1 Å². The molecule has 0 aliphatic carbocycles. The van der Waals surface area contributed by atoms with Crippen LogP contribution in [0.4, 0.5) is 0 Å². The first-order valence-electron chi connectivity index (χ1n) is 9.92. The van der Waals surface area contributed by atoms with Gasteiger partial charge in [-0.2, -0.15) is 5.10 Å². The smallest absolute Gasteiger partial charge is 0.274 e. The molecule has 2 aromatic rings. The number of nitrogens with zero attached hydrogens (tertiary/aromatic N) is 4. The van der Waals surface area contributed by atoms with Crippen molar-refractivity contribution >= 4 is 5.91 Å². The molecular formula is C21H28N4O3. The Kier molecular flexibility index (Phi) is 6.81. The lowest BCUT2D eigenvalue weighted by Gasteiger charge is -2.34. The Morgan fingerprint density at radius 2 is 1.75 bits per heavy atom. The number of carbonyl (C=O) groups excluding carboxylic acids is 1. The molecule has 7 nitrogen and oxygen atoms in total. The monoisotopic (exact) mass is 384 g/mol. The minimum atomic E-state index is -0.168. The van der Waals surface area contributed by atoms with E-state index in [9.17, 15) is 9.59 Å². The van der Waals surface area contributed by atoms with Crippen molar-refractivity contribution in [3.63, 3.8) is 0 Å². The maximum atomic E-state index is 12.7. The van der Waals surface area contributed by atoms with E-state index in [1.165, 1.54) is 22.4 Å². The van der Waals surface area contributed by atoms with Gasteiger partial charge in [-0.25, -0.2) is 4.68 Å². The summed E-state index contributed by atoms with van der Waals surface area (Å²) in [6.45, 7) is 8.94. The summed E-state index contributed by atoms with van der Waals surface area (Å²) in [6, 6.07) is 11.1. The molecule has 0 bridgehead atoms. The normalized spacial score (nSPS) is 14.9. The Morgan fingerprint density at radius 3 is 2.39 bits per heavy atom. The van der Waals surface area contributed by atoms with Crippen LogP contribution in [0.2, 0.25) is 0 Å². The predicted octanol–water partition coefficient (Wildman–Crippen LogP) is 2.01. The summed E-state index contributed by atoms with van der Waals surface area (Å²) in [5.41, 5.74) is 1.41. The van der Waals surface area contributed by atoms with E-state index in [1.54, 1.807) is 0 Å². The lowest BCUT2D eigenvalue weighted by molar-refractivity contribution is 0.0620. The Bertz CT molecular complexity index is 839. The average molecular weight is 384 g/mol. The highest BCUT2D eigenvalue weighted by molar-refractivity contribution is 5.92. The van der Waals surface area contributed by atoms with Gasteiger partial charge in [-0.15, -0.1) is 0 Å². The van der Waals surface area contributed by atoms with Crippen LogP contribution in [0, 0.1) is 0 Å². The molecule has 0 saturated carbocycles. The topological polar surface area (TPSA) is 67.7 Å². The maximum Gasteiger partial charge on any atom is 0.274 e. The molecule has 1 amide bonds. The summed E-state index contributed by atoms with van der Waals surface area (Å²) in [6.07, 6.45) is 0.800. The van der Waals surface area contributed by atoms with E-state index in [-0.39, 0.29) is 11.5 Å². The molecule has 1 aromatic heterocycles. The van der Waals surface area contributed by atoms with Gasteiger partial charge in [-0.1, -0.05) is 19.1 Å². The minimum Gasteiger partial charge on any atom is -0.494 e. The fourth-order valence-corrected chi connectivity index (χ4v) is 3.32. The van der Waals surface area contributed by atoms with Crippen molar-refractivity contribution in [3.8, 4) is 5.75 Å². The van der Waals surface area contributed by atoms with E-state index in [1.807, 2.05) is 30.9 Å². The molecule has 150 valence electrons. The molecule has 0 spiro atoms. The van der Waals surface area contributed by atoms with Gasteiger partial charge in [0.1, 0.15) is 11.4 Å². The van der Waals surface area contributed by atoms with E-state index < -0.39 is 0 Å². The number of piperazine rings is 1. The molecule has 1 saturated heterocycles. The number of aryl methyl sites for hydroxylation is 1. The molecule has 7 heteroatoms. The van der Waals surface area contributed by atoms with Crippen molar-refractivity contribution in [1.82, 2.24) is 19.6 Å². The maximum absolute atomic E-state index is 12.7. The van der Waals surface area contributed by atoms with Crippen LogP contribution < -0.4 is 10.3 Å². The number of rotatable bonds is 7. The first kappa shape index (κ1) is 20.1. The lowest BCUT2D eigenvalue weighted by atomic mass is 10.2. The third-order valence-electron chi connectivity index (χ3n) is 4.82. The molecular weight excluding hydrogens is 356 g/mol. The quantitative estimate of drug-likeness (QED) is 0.731. The molecule has 3 rings (SSSR count). The van der Waals surface area contributed by atoms with Crippen molar-refractivity contribution in [2.45, 2.75) is 33.4 Å². The zero-order valence-electron chi connectivity index (χ0n) is 16.6. The third kappa shape index (κ3) is 4.98. The minimum absolute atomic E-state index is 0.106. The number of benzene rings is 1. The van der Waals surface area contributed by atoms with Crippen molar-refractivity contribution < 1.29 is 9.53 Å². The lowest BCUT2D eigenvalue weighted by Crippen LogP contribution is -2.48. The summed E-state index contributed by atoms with van der Waals surface area (Å²) in [5, 5.41) is 4.23. The van der Waals surface area contributed by atoms with Crippen LogP contribution in [0.1, 0.15) is 36.3 Å². The number of carbonyl (C=O) groups is 1. The van der Waals surface area contributed by atoms with Gasteiger partial charge in [0.25, 0.3) is 11.5 Å². The van der Waals surface area contributed by atoms with E-state index in [2.05, 4.69) is 22.1 Å². The van der Waals surface area contributed by atoms with Crippen molar-refractivity contribution in [1.29, 1.82) is 0 Å². The second-order valence-corrected chi connectivity index (χ2v) is 6.93. The number of hydrogen-bond acceptors (Lipinski definition) is 5. The molecule has 1 aromatic carbocycles. The molecule has 2 heterocycles. The number of amides is 1. The second kappa shape index (κ2) is 9.50. The summed E-state index contributed by atoms with van der Waals surface area (Å²) >= 11 is 0. The summed E-state index contributed by atoms with van der Waals surface area (Å²) in [7, 11) is 0. The molecule has 0 radical (unpaired) electrons. The first-order valence-corrected chi connectivity index (χ1v) is 9.92. The van der Waals surface area contributed by atoms with Gasteiger partial charge in [0.2, 0.25) is 0 Å². The number of aromatic nitrogens is 2. The highest BCUT2D eigenvalue weighted by atomic mass is 16.5. The fourth-order valence-electron chi connectivity index (χ4n) is 3.32. The van der Waals surface area contributed by atoms with Crippen LogP contribution in [0.5, 0.6) is 5.75 Å². The summed E-state index contributed by atoms with van der Waals surface area (Å²) in [4.78, 5) is 28.7. The summed E-state index contributed by atoms with van der Waals surface area (Å²) < 4.78 is 6.85. The largest absolute Gasteiger partial charge is 0.494 e. The Labute approximate surface area is 165 Å². The van der Waals surface area contributed by atoms with E-state index in [0.717, 1.165) is 31.8 Å². The molecule has 0 N–H and O–H groups in total. The van der Waals surface area contributed by atoms with Crippen LogP contribution >= 0.6 is 0 Å². The SMILES string of the molecule is CCCn1nc(C(=O)N2CCN(Cc3ccc(OCC)cc3)CC2)ccc1=O. The zero-order chi connectivity index (χ0) is 19.9. The van der Waals surface area contributed by atoms with Crippen LogP contribution in [-0.4, -0.2) is 58.3 Å². The Hall–Kier alpha value is -2.67. The Balaban J connectivity index is 1.55. The van der Waals surface area contributed by atoms with Crippen LogP contribution in [0.3, 0.4) is 0 Å². The van der Waals surface area contributed by atoms with Gasteiger partial charge in [-0.05, 0) is 37.1 Å². The van der Waals surface area contributed by atoms with E-state index in [4.69, 9.17) is 4.74 Å². The number of ether oxygens (including phenoxy) is 1. The second-order valence-electron chi connectivity index (χ2n) is 6.93. The van der Waals surface area contributed by atoms with Crippen LogP contribution in [0.25, 0.3) is 0 Å². The summed E-state index contributed by atoms with van der Waals surface area (Å²) in [5.74, 6) is 0.782. The molecule has 0 unspecified atom stereocenters. The highest BCUT2D eigenvalue weighted by Crippen LogP contribution is 2.15. The van der Waals surface area contributed by atoms with Gasteiger partial charge in [0, 0.05) is 45.3 Å². The van der Waals surface area contributed by atoms with Crippen molar-refractivity contribution in [2.24, 2.45) is 0 Å². The molecule has 1 fully saturated rings. The van der Waals surface area contributed by atoms with E-state index in [0.29, 0.717) is 31.9 Å². The van der Waals surface area contributed by atoms with Gasteiger partial charge in [-0.3, -0.25) is 14.5 Å². The van der Waals surface area contributed by atoms with Crippen molar-refractivity contribution in [3.05, 3.63) is 58.0 Å². The first-order chi connectivity index (χ1) is 13.6. The highest BCUT2D eigenvalue weighted by Gasteiger charge is 2.23.